The van der Waals surface area contributed by atoms with Crippen molar-refractivity contribution in [2.24, 2.45) is 5.11 Å². The number of rotatable bonds is 11. The summed E-state index contributed by atoms with van der Waals surface area (Å²) in [5.74, 6) is 0. The van der Waals surface area contributed by atoms with E-state index in [2.05, 4.69) is 10.0 Å². The van der Waals surface area contributed by atoms with E-state index in [1.54, 1.807) is 11.8 Å². The van der Waals surface area contributed by atoms with Crippen LogP contribution < -0.4 is 0 Å². The Morgan fingerprint density at radius 2 is 1.09 bits per heavy atom. The number of ether oxygens (including phenoxy) is 3. The summed E-state index contributed by atoms with van der Waals surface area (Å²) in [6, 6.07) is 29.7. The molecule has 1 aliphatic carbocycles. The predicted molar refractivity (Wildman–Crippen MR) is 135 cm³/mol. The van der Waals surface area contributed by atoms with Crippen molar-refractivity contribution in [3.63, 3.8) is 0 Å². The number of azide groups is 1. The zero-order chi connectivity index (χ0) is 23.6. The summed E-state index contributed by atoms with van der Waals surface area (Å²) in [4.78, 5) is 3.15. The highest BCUT2D eigenvalue weighted by Gasteiger charge is 2.52. The lowest BCUT2D eigenvalue weighted by Crippen LogP contribution is -2.38. The van der Waals surface area contributed by atoms with E-state index < -0.39 is 12.1 Å². The average molecular weight is 476 g/mol. The quantitative estimate of drug-likeness (QED) is 0.189. The van der Waals surface area contributed by atoms with E-state index in [4.69, 9.17) is 14.2 Å². The lowest BCUT2D eigenvalue weighted by Gasteiger charge is -2.27. The minimum absolute atomic E-state index is 0.0961. The normalized spacial score (nSPS) is 24.0. The van der Waals surface area contributed by atoms with Gasteiger partial charge < -0.3 is 14.2 Å². The highest BCUT2D eigenvalue weighted by molar-refractivity contribution is 7.99. The van der Waals surface area contributed by atoms with Crippen LogP contribution in [0, 0.1) is 0 Å². The third kappa shape index (κ3) is 6.20. The van der Waals surface area contributed by atoms with Gasteiger partial charge in [-0.2, -0.15) is 11.8 Å². The Bertz CT molecular complexity index is 1050. The molecule has 0 radical (unpaired) electrons. The smallest absolute Gasteiger partial charge is 0.112 e. The molecule has 5 atom stereocenters. The van der Waals surface area contributed by atoms with Crippen molar-refractivity contribution in [1.82, 2.24) is 0 Å². The summed E-state index contributed by atoms with van der Waals surface area (Å²) in [5, 5.41) is 4.06. The van der Waals surface area contributed by atoms with E-state index in [0.29, 0.717) is 19.8 Å². The average Bonchev–Trinajstić information content (AvgIpc) is 3.18. The van der Waals surface area contributed by atoms with E-state index in [1.165, 1.54) is 0 Å². The molecule has 7 heteroatoms. The summed E-state index contributed by atoms with van der Waals surface area (Å²) in [7, 11) is 0. The lowest BCUT2D eigenvalue weighted by molar-refractivity contribution is -0.122. The van der Waals surface area contributed by atoms with Crippen LogP contribution in [-0.2, 0) is 34.0 Å². The zero-order valence-corrected chi connectivity index (χ0v) is 20.0. The predicted octanol–water partition coefficient (Wildman–Crippen LogP) is 6.17. The molecule has 0 N–H and O–H groups in total. The molecular formula is C27H29N3O3S. The number of nitrogens with zero attached hydrogens (tertiary/aromatic N) is 3. The van der Waals surface area contributed by atoms with Crippen molar-refractivity contribution in [2.45, 2.75) is 49.4 Å². The number of benzene rings is 3. The maximum absolute atomic E-state index is 9.34. The largest absolute Gasteiger partial charge is 0.370 e. The molecule has 1 saturated carbocycles. The summed E-state index contributed by atoms with van der Waals surface area (Å²) in [6.07, 6.45) is 0.894. The van der Waals surface area contributed by atoms with E-state index in [0.717, 1.165) is 16.7 Å². The second-order valence-electron chi connectivity index (χ2n) is 8.18. The van der Waals surface area contributed by atoms with Gasteiger partial charge in [0.25, 0.3) is 0 Å². The van der Waals surface area contributed by atoms with Crippen LogP contribution >= 0.6 is 11.8 Å². The van der Waals surface area contributed by atoms with Gasteiger partial charge in [0.1, 0.15) is 6.10 Å². The number of thioether (sulfide) groups is 1. The summed E-state index contributed by atoms with van der Waals surface area (Å²) in [5.41, 5.74) is 12.5. The zero-order valence-electron chi connectivity index (χ0n) is 19.1. The minimum atomic E-state index is -0.432. The molecule has 0 unspecified atom stereocenters. The Hall–Kier alpha value is -2.80. The number of hydrogen-bond donors (Lipinski definition) is 0. The van der Waals surface area contributed by atoms with Gasteiger partial charge >= 0.3 is 0 Å². The molecule has 176 valence electrons. The number of hydrogen-bond acceptors (Lipinski definition) is 5. The molecule has 0 saturated heterocycles. The van der Waals surface area contributed by atoms with Crippen LogP contribution in [0.5, 0.6) is 0 Å². The Balaban J connectivity index is 1.58. The fraction of sp³-hybridized carbons (Fsp3) is 0.333. The van der Waals surface area contributed by atoms with Gasteiger partial charge in [-0.25, -0.2) is 0 Å². The first-order valence-electron chi connectivity index (χ1n) is 11.3. The molecule has 1 aliphatic rings. The van der Waals surface area contributed by atoms with Crippen LogP contribution in [0.4, 0.5) is 0 Å². The Kier molecular flexibility index (Phi) is 9.02. The van der Waals surface area contributed by atoms with Crippen molar-refractivity contribution in [3.05, 3.63) is 118 Å². The Morgan fingerprint density at radius 3 is 1.50 bits per heavy atom. The molecule has 4 rings (SSSR count). The molecule has 1 fully saturated rings. The summed E-state index contributed by atoms with van der Waals surface area (Å²) < 4.78 is 19.3. The lowest BCUT2D eigenvalue weighted by atomic mass is 10.2. The molecule has 3 aromatic rings. The fourth-order valence-corrected chi connectivity index (χ4v) is 5.28. The van der Waals surface area contributed by atoms with Gasteiger partial charge in [-0.3, -0.25) is 0 Å². The van der Waals surface area contributed by atoms with Crippen LogP contribution in [0.3, 0.4) is 0 Å². The molecular weight excluding hydrogens is 446 g/mol. The third-order valence-corrected chi connectivity index (χ3v) is 7.05. The molecule has 0 amide bonds. The topological polar surface area (TPSA) is 76.5 Å². The Morgan fingerprint density at radius 1 is 0.676 bits per heavy atom. The summed E-state index contributed by atoms with van der Waals surface area (Å²) >= 11 is 1.62. The molecule has 0 heterocycles. The second kappa shape index (κ2) is 12.6. The molecule has 34 heavy (non-hydrogen) atoms. The first kappa shape index (κ1) is 24.3. The van der Waals surface area contributed by atoms with Crippen molar-refractivity contribution in [3.8, 4) is 0 Å². The van der Waals surface area contributed by atoms with Crippen LogP contribution in [-0.4, -0.2) is 35.9 Å². The van der Waals surface area contributed by atoms with Gasteiger partial charge in [-0.05, 0) is 28.5 Å². The van der Waals surface area contributed by atoms with E-state index >= 15 is 0 Å². The van der Waals surface area contributed by atoms with E-state index in [1.807, 2.05) is 97.3 Å². The maximum atomic E-state index is 9.34. The van der Waals surface area contributed by atoms with Gasteiger partial charge in [-0.15, -0.1) is 0 Å². The molecule has 0 spiro atoms. The molecule has 0 bridgehead atoms. The van der Waals surface area contributed by atoms with E-state index in [9.17, 15) is 5.53 Å². The minimum Gasteiger partial charge on any atom is -0.370 e. The van der Waals surface area contributed by atoms with Crippen LogP contribution in [0.25, 0.3) is 10.4 Å². The first-order chi connectivity index (χ1) is 16.8. The first-order valence-corrected chi connectivity index (χ1v) is 12.6. The van der Waals surface area contributed by atoms with Crippen molar-refractivity contribution >= 4 is 11.8 Å². The van der Waals surface area contributed by atoms with Gasteiger partial charge in [-0.1, -0.05) is 96.1 Å². The third-order valence-electron chi connectivity index (χ3n) is 5.96. The molecule has 6 nitrogen and oxygen atoms in total. The van der Waals surface area contributed by atoms with Crippen LogP contribution in [0.15, 0.2) is 96.1 Å². The van der Waals surface area contributed by atoms with Crippen molar-refractivity contribution < 1.29 is 14.2 Å². The van der Waals surface area contributed by atoms with Gasteiger partial charge in [0.15, 0.2) is 0 Å². The van der Waals surface area contributed by atoms with Crippen molar-refractivity contribution in [1.29, 1.82) is 0 Å². The standard InChI is InChI=1S/C27H29N3O3S/c1-34-27-23(29-30-28)24(31-17-20-11-5-2-6-12-20)25(32-18-21-13-7-3-8-14-21)26(27)33-19-22-15-9-4-10-16-22/h2-16,23-27H,17-19H2,1H3/t23-,24-,25-,26-,27+/m1/s1. The molecule has 0 aliphatic heterocycles. The maximum Gasteiger partial charge on any atom is 0.112 e. The van der Waals surface area contributed by atoms with Gasteiger partial charge in [0.2, 0.25) is 0 Å². The Labute approximate surface area is 204 Å². The molecule has 0 aromatic heterocycles. The summed E-state index contributed by atoms with van der Waals surface area (Å²) in [6.45, 7) is 1.27. The van der Waals surface area contributed by atoms with Gasteiger partial charge in [0, 0.05) is 10.2 Å². The van der Waals surface area contributed by atoms with Gasteiger partial charge in [0.05, 0.1) is 38.1 Å². The molecule has 3 aromatic carbocycles. The highest BCUT2D eigenvalue weighted by Crippen LogP contribution is 2.39. The second-order valence-corrected chi connectivity index (χ2v) is 9.20. The monoisotopic (exact) mass is 475 g/mol. The van der Waals surface area contributed by atoms with Crippen LogP contribution in [0.2, 0.25) is 0 Å². The fourth-order valence-electron chi connectivity index (χ4n) is 4.29. The SMILES string of the molecule is CS[C@H]1[C@H](N=[N+]=[N-])[C@@H](OCc2ccccc2)[C@@H](OCc2ccccc2)[C@H]1OCc1ccccc1. The van der Waals surface area contributed by atoms with E-state index in [-0.39, 0.29) is 17.5 Å². The van der Waals surface area contributed by atoms with Crippen LogP contribution in [0.1, 0.15) is 16.7 Å². The highest BCUT2D eigenvalue weighted by atomic mass is 32.2. The van der Waals surface area contributed by atoms with Crippen molar-refractivity contribution in [2.75, 3.05) is 6.26 Å².